The molecule has 4 heteroatoms. The van der Waals surface area contributed by atoms with Crippen molar-refractivity contribution in [3.63, 3.8) is 0 Å². The zero-order valence-corrected chi connectivity index (χ0v) is 8.01. The first-order valence-electron chi connectivity index (χ1n) is 4.49. The van der Waals surface area contributed by atoms with Gasteiger partial charge in [-0.25, -0.2) is 0 Å². The van der Waals surface area contributed by atoms with Crippen LogP contribution in [0.5, 0.6) is 0 Å². The molecule has 0 N–H and O–H groups in total. The van der Waals surface area contributed by atoms with Gasteiger partial charge in [-0.2, -0.15) is 5.01 Å². The number of hydrogen-bond acceptors (Lipinski definition) is 3. The van der Waals surface area contributed by atoms with Crippen LogP contribution in [0.4, 0.5) is 0 Å². The van der Waals surface area contributed by atoms with Gasteiger partial charge in [0.05, 0.1) is 5.29 Å². The Morgan fingerprint density at radius 2 is 2.00 bits per heavy atom. The lowest BCUT2D eigenvalue weighted by Crippen LogP contribution is -2.25. The molecule has 0 bridgehead atoms. The molecule has 0 heterocycles. The number of amides is 1. The summed E-state index contributed by atoms with van der Waals surface area (Å²) >= 11 is 0. The molecule has 0 saturated heterocycles. The molecule has 0 radical (unpaired) electrons. The molecule has 0 fully saturated rings. The summed E-state index contributed by atoms with van der Waals surface area (Å²) in [4.78, 5) is 22.0. The molecule has 0 aliphatic rings. The van der Waals surface area contributed by atoms with Crippen LogP contribution in [-0.4, -0.2) is 17.5 Å². The van der Waals surface area contributed by atoms with Gasteiger partial charge in [0.1, 0.15) is 0 Å². The average molecular weight is 192 g/mol. The fraction of sp³-hybridized carbons (Fsp3) is 0.300. The first-order chi connectivity index (χ1) is 6.79. The van der Waals surface area contributed by atoms with Crippen LogP contribution in [0.15, 0.2) is 35.6 Å². The average Bonchev–Trinajstić information content (AvgIpc) is 2.26. The number of nitroso groups, excluding NO2 is 1. The first-order valence-corrected chi connectivity index (χ1v) is 4.49. The van der Waals surface area contributed by atoms with E-state index >= 15 is 0 Å². The fourth-order valence-electron chi connectivity index (χ4n) is 1.12. The first kappa shape index (κ1) is 10.4. The Morgan fingerprint density at radius 3 is 2.50 bits per heavy atom. The second-order valence-corrected chi connectivity index (χ2v) is 2.88. The molecule has 0 aliphatic carbocycles. The van der Waals surface area contributed by atoms with Crippen LogP contribution in [0, 0.1) is 4.91 Å². The minimum atomic E-state index is -0.345. The van der Waals surface area contributed by atoms with Gasteiger partial charge in [0.15, 0.2) is 0 Å². The Bertz CT molecular complexity index is 311. The van der Waals surface area contributed by atoms with Gasteiger partial charge in [0.2, 0.25) is 0 Å². The normalized spacial score (nSPS) is 9.50. The maximum absolute atomic E-state index is 11.6. The predicted octanol–water partition coefficient (Wildman–Crippen LogP) is 2.22. The highest BCUT2D eigenvalue weighted by atomic mass is 16.3. The monoisotopic (exact) mass is 192 g/mol. The van der Waals surface area contributed by atoms with Gasteiger partial charge in [-0.3, -0.25) is 4.79 Å². The molecule has 0 saturated carbocycles. The number of nitrogens with zero attached hydrogens (tertiary/aromatic N) is 2. The molecule has 0 unspecified atom stereocenters. The number of carbonyl (C=O) groups excluding carboxylic acids is 1. The van der Waals surface area contributed by atoms with E-state index in [1.807, 2.05) is 13.0 Å². The maximum atomic E-state index is 11.6. The number of carbonyl (C=O) groups is 1. The number of hydrogen-bond donors (Lipinski definition) is 0. The molecule has 14 heavy (non-hydrogen) atoms. The summed E-state index contributed by atoms with van der Waals surface area (Å²) in [6, 6.07) is 8.64. The van der Waals surface area contributed by atoms with Gasteiger partial charge < -0.3 is 0 Å². The van der Waals surface area contributed by atoms with Crippen molar-refractivity contribution >= 4 is 5.91 Å². The molecule has 74 valence electrons. The molecule has 1 rings (SSSR count). The van der Waals surface area contributed by atoms with Crippen LogP contribution >= 0.6 is 0 Å². The number of rotatable bonds is 4. The van der Waals surface area contributed by atoms with Gasteiger partial charge in [0.25, 0.3) is 5.91 Å². The van der Waals surface area contributed by atoms with Crippen LogP contribution in [0.1, 0.15) is 23.7 Å². The third-order valence-electron chi connectivity index (χ3n) is 1.79. The van der Waals surface area contributed by atoms with E-state index in [1.54, 1.807) is 24.3 Å². The van der Waals surface area contributed by atoms with E-state index in [9.17, 15) is 9.70 Å². The SMILES string of the molecule is CCCN(N=O)C(=O)c1ccccc1. The van der Waals surface area contributed by atoms with Crippen LogP contribution in [0.25, 0.3) is 0 Å². The standard InChI is InChI=1S/C10H12N2O2/c1-2-8-12(11-14)10(13)9-6-4-3-5-7-9/h3-7H,2,8H2,1H3. The quantitative estimate of drug-likeness (QED) is 0.542. The van der Waals surface area contributed by atoms with Crippen molar-refractivity contribution in [1.29, 1.82) is 0 Å². The van der Waals surface area contributed by atoms with E-state index in [0.29, 0.717) is 18.5 Å². The van der Waals surface area contributed by atoms with Crippen molar-refractivity contribution in [2.24, 2.45) is 5.29 Å². The fourth-order valence-corrected chi connectivity index (χ4v) is 1.12. The molecule has 1 aromatic rings. The van der Waals surface area contributed by atoms with Gasteiger partial charge in [-0.15, -0.1) is 4.91 Å². The van der Waals surface area contributed by atoms with Gasteiger partial charge >= 0.3 is 0 Å². The predicted molar refractivity (Wildman–Crippen MR) is 53.6 cm³/mol. The lowest BCUT2D eigenvalue weighted by Gasteiger charge is -2.11. The van der Waals surface area contributed by atoms with Crippen LogP contribution in [0.2, 0.25) is 0 Å². The highest BCUT2D eigenvalue weighted by Gasteiger charge is 2.14. The summed E-state index contributed by atoms with van der Waals surface area (Å²) in [5, 5.41) is 3.63. The van der Waals surface area contributed by atoms with Crippen molar-refractivity contribution < 1.29 is 4.79 Å². The number of benzene rings is 1. The molecule has 4 nitrogen and oxygen atoms in total. The lowest BCUT2D eigenvalue weighted by atomic mass is 10.2. The van der Waals surface area contributed by atoms with Crippen LogP contribution in [-0.2, 0) is 0 Å². The van der Waals surface area contributed by atoms with Crippen LogP contribution < -0.4 is 0 Å². The van der Waals surface area contributed by atoms with Crippen molar-refractivity contribution in [1.82, 2.24) is 5.01 Å². The van der Waals surface area contributed by atoms with E-state index in [4.69, 9.17) is 0 Å². The van der Waals surface area contributed by atoms with Crippen molar-refractivity contribution in [2.45, 2.75) is 13.3 Å². The summed E-state index contributed by atoms with van der Waals surface area (Å²) in [7, 11) is 0. The summed E-state index contributed by atoms with van der Waals surface area (Å²) in [6.07, 6.45) is 0.713. The topological polar surface area (TPSA) is 49.7 Å². The minimum Gasteiger partial charge on any atom is -0.267 e. The Morgan fingerprint density at radius 1 is 1.36 bits per heavy atom. The molecular formula is C10H12N2O2. The van der Waals surface area contributed by atoms with Gasteiger partial charge in [0, 0.05) is 12.1 Å². The Labute approximate surface area is 82.5 Å². The maximum Gasteiger partial charge on any atom is 0.276 e. The third-order valence-corrected chi connectivity index (χ3v) is 1.79. The minimum absolute atomic E-state index is 0.345. The van der Waals surface area contributed by atoms with Crippen molar-refractivity contribution in [2.75, 3.05) is 6.54 Å². The van der Waals surface area contributed by atoms with Gasteiger partial charge in [-0.05, 0) is 18.6 Å². The summed E-state index contributed by atoms with van der Waals surface area (Å²) in [6.45, 7) is 2.24. The lowest BCUT2D eigenvalue weighted by molar-refractivity contribution is 0.0757. The molecule has 0 atom stereocenters. The second kappa shape index (κ2) is 5.11. The Kier molecular flexibility index (Phi) is 3.79. The smallest absolute Gasteiger partial charge is 0.267 e. The second-order valence-electron chi connectivity index (χ2n) is 2.88. The highest BCUT2D eigenvalue weighted by molar-refractivity contribution is 5.93. The third kappa shape index (κ3) is 2.39. The Hall–Kier alpha value is -1.71. The Balaban J connectivity index is 2.78. The van der Waals surface area contributed by atoms with E-state index in [1.165, 1.54) is 0 Å². The van der Waals surface area contributed by atoms with Crippen molar-refractivity contribution in [3.05, 3.63) is 40.8 Å². The summed E-state index contributed by atoms with van der Waals surface area (Å²) < 4.78 is 0. The molecule has 0 spiro atoms. The van der Waals surface area contributed by atoms with E-state index < -0.39 is 0 Å². The van der Waals surface area contributed by atoms with Crippen LogP contribution in [0.3, 0.4) is 0 Å². The summed E-state index contributed by atoms with van der Waals surface area (Å²) in [5.41, 5.74) is 0.487. The molecule has 1 amide bonds. The zero-order chi connectivity index (χ0) is 10.4. The molecular weight excluding hydrogens is 180 g/mol. The molecule has 1 aromatic carbocycles. The molecule has 0 aliphatic heterocycles. The summed E-state index contributed by atoms with van der Waals surface area (Å²) in [5.74, 6) is -0.345. The van der Waals surface area contributed by atoms with Crippen molar-refractivity contribution in [3.8, 4) is 0 Å². The highest BCUT2D eigenvalue weighted by Crippen LogP contribution is 2.05. The van der Waals surface area contributed by atoms with E-state index in [0.717, 1.165) is 5.01 Å². The zero-order valence-electron chi connectivity index (χ0n) is 8.01. The van der Waals surface area contributed by atoms with E-state index in [2.05, 4.69) is 5.29 Å². The van der Waals surface area contributed by atoms with Gasteiger partial charge in [-0.1, -0.05) is 25.1 Å². The largest absolute Gasteiger partial charge is 0.276 e. The molecule has 0 aromatic heterocycles. The van der Waals surface area contributed by atoms with E-state index in [-0.39, 0.29) is 5.91 Å².